The summed E-state index contributed by atoms with van der Waals surface area (Å²) in [4.78, 5) is 40.3. The zero-order valence-electron chi connectivity index (χ0n) is 18.1. The van der Waals surface area contributed by atoms with E-state index in [-0.39, 0.29) is 48.6 Å². The van der Waals surface area contributed by atoms with Gasteiger partial charge in [-0.15, -0.1) is 11.8 Å². The van der Waals surface area contributed by atoms with Crippen molar-refractivity contribution < 1.29 is 38.5 Å². The number of fused-ring (bicyclic) bond motifs is 1. The lowest BCUT2D eigenvalue weighted by Gasteiger charge is -2.46. The minimum Gasteiger partial charge on any atom is -0.477 e. The number of ether oxygens (including phenoxy) is 2. The van der Waals surface area contributed by atoms with E-state index in [0.29, 0.717) is 17.9 Å². The Labute approximate surface area is 190 Å². The van der Waals surface area contributed by atoms with Crippen molar-refractivity contribution in [1.29, 1.82) is 0 Å². The molecule has 3 heterocycles. The number of rotatable bonds is 10. The number of aliphatic hydroxyl groups excluding tert-OH is 1. The largest absolute Gasteiger partial charge is 0.477 e. The molecule has 11 heteroatoms. The van der Waals surface area contributed by atoms with Crippen molar-refractivity contribution in [2.75, 3.05) is 33.0 Å². The van der Waals surface area contributed by atoms with Gasteiger partial charge in [0.05, 0.1) is 37.3 Å². The van der Waals surface area contributed by atoms with Crippen molar-refractivity contribution in [3.8, 4) is 0 Å². The van der Waals surface area contributed by atoms with Crippen LogP contribution >= 0.6 is 11.8 Å². The topological polar surface area (TPSA) is 117 Å². The molecular weight excluding hydrogens is 443 g/mol. The maximum absolute atomic E-state index is 12.5. The van der Waals surface area contributed by atoms with Crippen LogP contribution in [0.5, 0.6) is 0 Å². The Morgan fingerprint density at radius 2 is 2.16 bits per heavy atom. The van der Waals surface area contributed by atoms with Crippen LogP contribution in [0.1, 0.15) is 20.3 Å². The molecule has 3 aliphatic heterocycles. The zero-order chi connectivity index (χ0) is 23.6. The molecule has 2 N–H and O–H groups in total. The van der Waals surface area contributed by atoms with E-state index in [1.807, 2.05) is 6.92 Å². The van der Waals surface area contributed by atoms with Gasteiger partial charge >= 0.3 is 12.1 Å². The number of alkyl halides is 1. The van der Waals surface area contributed by atoms with Crippen molar-refractivity contribution in [2.45, 2.75) is 43.7 Å². The van der Waals surface area contributed by atoms with E-state index in [0.717, 1.165) is 0 Å². The third-order valence-corrected chi connectivity index (χ3v) is 7.57. The predicted molar refractivity (Wildman–Crippen MR) is 114 cm³/mol. The number of β-lactam (4-membered cyclic amide) rings is 1. The van der Waals surface area contributed by atoms with Crippen molar-refractivity contribution in [2.24, 2.45) is 11.8 Å². The van der Waals surface area contributed by atoms with Crippen molar-refractivity contribution in [3.63, 3.8) is 0 Å². The second-order valence-corrected chi connectivity index (χ2v) is 9.53. The van der Waals surface area contributed by atoms with Gasteiger partial charge in [0.25, 0.3) is 0 Å². The molecule has 0 radical (unpaired) electrons. The molecule has 0 unspecified atom stereocenters. The number of nitrogens with zero attached hydrogens (tertiary/aromatic N) is 2. The van der Waals surface area contributed by atoms with Crippen LogP contribution in [-0.4, -0.2) is 94.5 Å². The lowest BCUT2D eigenvalue weighted by molar-refractivity contribution is -0.163. The second kappa shape index (κ2) is 10.2. The van der Waals surface area contributed by atoms with Gasteiger partial charge in [0.2, 0.25) is 5.91 Å². The number of hydrogen-bond donors (Lipinski definition) is 2. The maximum Gasteiger partial charge on any atom is 0.410 e. The van der Waals surface area contributed by atoms with E-state index in [1.54, 1.807) is 0 Å². The number of halogens is 1. The summed E-state index contributed by atoms with van der Waals surface area (Å²) in [5.74, 6) is -2.47. The van der Waals surface area contributed by atoms with Crippen LogP contribution in [0.15, 0.2) is 23.3 Å². The summed E-state index contributed by atoms with van der Waals surface area (Å²) >= 11 is 1.33. The fourth-order valence-electron chi connectivity index (χ4n) is 4.69. The van der Waals surface area contributed by atoms with Crippen LogP contribution in [0.4, 0.5) is 9.18 Å². The number of carboxylic acid groups (broad SMARTS) is 1. The van der Waals surface area contributed by atoms with Crippen LogP contribution in [-0.2, 0) is 19.1 Å². The van der Waals surface area contributed by atoms with Crippen LogP contribution in [0.25, 0.3) is 0 Å². The van der Waals surface area contributed by atoms with Gasteiger partial charge in [-0.1, -0.05) is 19.6 Å². The highest BCUT2D eigenvalue weighted by Gasteiger charge is 2.60. The van der Waals surface area contributed by atoms with Gasteiger partial charge in [0.15, 0.2) is 0 Å². The molecule has 9 nitrogen and oxygen atoms in total. The summed E-state index contributed by atoms with van der Waals surface area (Å²) in [6, 6.07) is -0.735. The molecule has 0 spiro atoms. The Bertz CT molecular complexity index is 805. The molecule has 0 aromatic rings. The van der Waals surface area contributed by atoms with Crippen molar-refractivity contribution in [3.05, 3.63) is 23.3 Å². The molecule has 2 amide bonds. The maximum atomic E-state index is 12.5. The molecule has 0 saturated carbocycles. The number of thioether (sulfide) groups is 1. The van der Waals surface area contributed by atoms with Gasteiger partial charge in [-0.3, -0.25) is 4.79 Å². The number of hydrogen-bond acceptors (Lipinski definition) is 7. The summed E-state index contributed by atoms with van der Waals surface area (Å²) < 4.78 is 22.9. The SMILES string of the molecule is C=CCOC(=O)N1C[C@@H](SC2=C(C(=O)O)N3C(=O)[C@H]([C@@H](C)O)[C@H]3[C@H]2C)C[C@H]1COCCF. The Morgan fingerprint density at radius 3 is 2.75 bits per heavy atom. The average molecular weight is 473 g/mol. The number of carbonyl (C=O) groups excluding carboxylic acids is 2. The molecule has 32 heavy (non-hydrogen) atoms. The molecular formula is C21H29FN2O7S. The Kier molecular flexibility index (Phi) is 7.84. The minimum atomic E-state index is -1.19. The van der Waals surface area contributed by atoms with Crippen LogP contribution in [0, 0.1) is 11.8 Å². The molecule has 6 atom stereocenters. The summed E-state index contributed by atoms with van der Waals surface area (Å²) in [6.07, 6.45) is 0.548. The fraction of sp³-hybridized carbons (Fsp3) is 0.667. The Morgan fingerprint density at radius 1 is 1.44 bits per heavy atom. The van der Waals surface area contributed by atoms with E-state index in [9.17, 15) is 29.0 Å². The minimum absolute atomic E-state index is 0.0488. The number of likely N-dealkylation sites (tertiary alicyclic amines) is 1. The highest BCUT2D eigenvalue weighted by atomic mass is 32.2. The summed E-state index contributed by atoms with van der Waals surface area (Å²) in [7, 11) is 0. The Balaban J connectivity index is 1.77. The summed E-state index contributed by atoms with van der Waals surface area (Å²) in [5.41, 5.74) is -0.0488. The van der Waals surface area contributed by atoms with Gasteiger partial charge in [-0.25, -0.2) is 14.0 Å². The predicted octanol–water partition coefficient (Wildman–Crippen LogP) is 1.62. The van der Waals surface area contributed by atoms with Gasteiger partial charge in [0, 0.05) is 22.6 Å². The molecule has 2 saturated heterocycles. The number of carbonyl (C=O) groups is 3. The monoisotopic (exact) mass is 472 g/mol. The lowest BCUT2D eigenvalue weighted by Crippen LogP contribution is -2.63. The molecule has 178 valence electrons. The molecule has 0 aromatic heterocycles. The number of carboxylic acids is 1. The Hall–Kier alpha value is -2.11. The summed E-state index contributed by atoms with van der Waals surface area (Å²) in [6.45, 7) is 6.69. The molecule has 0 aromatic carbocycles. The third-order valence-electron chi connectivity index (χ3n) is 6.07. The van der Waals surface area contributed by atoms with Gasteiger partial charge in [-0.2, -0.15) is 0 Å². The standard InChI is InChI=1S/C21H29FN2O7S/c1-4-6-31-21(29)23-9-14(8-13(23)10-30-7-5-22)32-18-11(2)16-15(12(3)25)19(26)24(16)17(18)20(27)28/h4,11-16,25H,1,5-10H2,2-3H3,(H,27,28)/t11-,12-,13+,14+,15-,16-/m1/s1. The second-order valence-electron chi connectivity index (χ2n) is 8.18. The van der Waals surface area contributed by atoms with Crippen molar-refractivity contribution >= 4 is 29.7 Å². The first-order valence-corrected chi connectivity index (χ1v) is 11.4. The molecule has 0 aliphatic carbocycles. The normalized spacial score (nSPS) is 30.2. The van der Waals surface area contributed by atoms with E-state index in [1.165, 1.54) is 34.6 Å². The fourth-order valence-corrected chi connectivity index (χ4v) is 6.25. The van der Waals surface area contributed by atoms with Crippen LogP contribution in [0.3, 0.4) is 0 Å². The third kappa shape index (κ3) is 4.51. The first-order valence-electron chi connectivity index (χ1n) is 10.6. The van der Waals surface area contributed by atoms with Crippen LogP contribution < -0.4 is 0 Å². The van der Waals surface area contributed by atoms with E-state index in [4.69, 9.17) is 9.47 Å². The van der Waals surface area contributed by atoms with Gasteiger partial charge < -0.3 is 29.5 Å². The van der Waals surface area contributed by atoms with Gasteiger partial charge in [-0.05, 0) is 13.3 Å². The van der Waals surface area contributed by atoms with E-state index < -0.39 is 36.8 Å². The zero-order valence-corrected chi connectivity index (χ0v) is 18.9. The molecule has 2 fully saturated rings. The first-order chi connectivity index (χ1) is 15.2. The number of aliphatic carboxylic acids is 1. The highest BCUT2D eigenvalue weighted by molar-refractivity contribution is 8.03. The molecule has 0 bridgehead atoms. The smallest absolute Gasteiger partial charge is 0.410 e. The quantitative estimate of drug-likeness (QED) is 0.280. The van der Waals surface area contributed by atoms with E-state index >= 15 is 0 Å². The highest BCUT2D eigenvalue weighted by Crippen LogP contribution is 2.52. The number of aliphatic hydroxyl groups is 1. The first kappa shape index (κ1) is 24.5. The molecule has 3 rings (SSSR count). The molecule has 3 aliphatic rings. The average Bonchev–Trinajstić information content (AvgIpc) is 3.24. The van der Waals surface area contributed by atoms with E-state index in [2.05, 4.69) is 6.58 Å². The summed E-state index contributed by atoms with van der Waals surface area (Å²) in [5, 5.41) is 19.6. The number of amides is 2. The lowest BCUT2D eigenvalue weighted by atomic mass is 9.79. The van der Waals surface area contributed by atoms with Crippen molar-refractivity contribution in [1.82, 2.24) is 9.80 Å². The van der Waals surface area contributed by atoms with Gasteiger partial charge in [0.1, 0.15) is 19.0 Å². The van der Waals surface area contributed by atoms with Crippen LogP contribution in [0.2, 0.25) is 0 Å².